The molecule has 1 saturated heterocycles. The molecule has 0 bridgehead atoms. The number of carbonyl (C=O) groups excluding carboxylic acids is 1. The van der Waals surface area contributed by atoms with Gasteiger partial charge in [0.25, 0.3) is 15.6 Å². The Morgan fingerprint density at radius 1 is 1.26 bits per heavy atom. The summed E-state index contributed by atoms with van der Waals surface area (Å²) >= 11 is 1.15. The molecule has 4 rings (SSSR count). The molecule has 1 amide bonds. The first-order valence-corrected chi connectivity index (χ1v) is 11.9. The van der Waals surface area contributed by atoms with E-state index in [1.165, 1.54) is 35.2 Å². The van der Waals surface area contributed by atoms with Crippen LogP contribution in [-0.2, 0) is 28.9 Å². The van der Waals surface area contributed by atoms with Crippen LogP contribution >= 0.6 is 11.3 Å². The van der Waals surface area contributed by atoms with E-state index in [-0.39, 0.29) is 27.7 Å². The summed E-state index contributed by atoms with van der Waals surface area (Å²) in [4.78, 5) is 41.5. The van der Waals surface area contributed by atoms with E-state index in [4.69, 9.17) is 0 Å². The van der Waals surface area contributed by atoms with Crippen molar-refractivity contribution in [2.45, 2.75) is 17.1 Å². The number of rotatable bonds is 4. The third kappa shape index (κ3) is 3.82. The Balaban J connectivity index is 1.56. The van der Waals surface area contributed by atoms with Crippen LogP contribution in [0.1, 0.15) is 12.8 Å². The molecule has 1 aliphatic rings. The molecular weight excluding hydrogens is 442 g/mol. The zero-order valence-electron chi connectivity index (χ0n) is 16.9. The Morgan fingerprint density at radius 3 is 2.74 bits per heavy atom. The van der Waals surface area contributed by atoms with E-state index in [2.05, 4.69) is 10.3 Å². The lowest BCUT2D eigenvalue weighted by Crippen LogP contribution is -2.43. The smallest absolute Gasteiger partial charge is 0.324 e. The first-order valence-electron chi connectivity index (χ1n) is 9.60. The van der Waals surface area contributed by atoms with Crippen LogP contribution in [0.2, 0.25) is 0 Å². The van der Waals surface area contributed by atoms with E-state index in [0.29, 0.717) is 25.1 Å². The van der Waals surface area contributed by atoms with Gasteiger partial charge in [-0.1, -0.05) is 6.07 Å². The molecule has 31 heavy (non-hydrogen) atoms. The lowest BCUT2D eigenvalue weighted by molar-refractivity contribution is -0.120. The number of fused-ring (bicyclic) bond motifs is 1. The average Bonchev–Trinajstić information content (AvgIpc) is 3.32. The lowest BCUT2D eigenvalue weighted by Gasteiger charge is -2.30. The molecular formula is C19H21N5O5S2. The minimum Gasteiger partial charge on any atom is -0.324 e. The van der Waals surface area contributed by atoms with Crippen molar-refractivity contribution in [2.24, 2.45) is 20.0 Å². The van der Waals surface area contributed by atoms with Crippen LogP contribution in [-0.4, -0.2) is 45.8 Å². The fraction of sp³-hybridized carbons (Fsp3) is 0.368. The topological polar surface area (TPSA) is 123 Å². The number of piperidine rings is 1. The molecule has 1 fully saturated rings. The predicted molar refractivity (Wildman–Crippen MR) is 117 cm³/mol. The van der Waals surface area contributed by atoms with Crippen LogP contribution in [0.4, 0.5) is 5.69 Å². The molecule has 12 heteroatoms. The zero-order valence-corrected chi connectivity index (χ0v) is 18.6. The van der Waals surface area contributed by atoms with E-state index in [1.807, 2.05) is 0 Å². The molecule has 0 spiro atoms. The molecule has 0 aromatic carbocycles. The summed E-state index contributed by atoms with van der Waals surface area (Å²) < 4.78 is 29.4. The molecule has 4 heterocycles. The number of anilines is 1. The number of thiophene rings is 1. The molecule has 0 aliphatic carbocycles. The molecule has 3 aromatic heterocycles. The highest BCUT2D eigenvalue weighted by atomic mass is 32.2. The van der Waals surface area contributed by atoms with E-state index >= 15 is 0 Å². The zero-order chi connectivity index (χ0) is 22.3. The number of pyridine rings is 1. The Hall–Kier alpha value is -2.83. The number of hydrogen-bond donors (Lipinski definition) is 1. The quantitative estimate of drug-likeness (QED) is 0.609. The summed E-state index contributed by atoms with van der Waals surface area (Å²) in [6.07, 6.45) is 2.50. The molecule has 10 nitrogen and oxygen atoms in total. The summed E-state index contributed by atoms with van der Waals surface area (Å²) in [5.74, 6) is -0.865. The summed E-state index contributed by atoms with van der Waals surface area (Å²) in [5, 5.41) is 4.64. The standard InChI is InChI=1S/C19H21N5O5S2/c1-22-16-14(18(26)23(2)19(22)27)9-13(10-20-16)21-17(25)12-5-3-7-24(11-12)31(28,29)15-6-4-8-30-15/h4,6,8-10,12H,3,5,7,11H2,1-2H3,(H,21,25). The second-order valence-electron chi connectivity index (χ2n) is 7.42. The Bertz CT molecular complexity index is 1380. The fourth-order valence-corrected chi connectivity index (χ4v) is 6.36. The fourth-order valence-electron chi connectivity index (χ4n) is 3.69. The normalized spacial score (nSPS) is 17.7. The number of hydrogen-bond acceptors (Lipinski definition) is 7. The summed E-state index contributed by atoms with van der Waals surface area (Å²) in [6, 6.07) is 4.71. The monoisotopic (exact) mass is 463 g/mol. The molecule has 1 unspecified atom stereocenters. The Kier molecular flexibility index (Phi) is 5.54. The Labute approximate surface area is 181 Å². The van der Waals surface area contributed by atoms with Gasteiger partial charge in [-0.2, -0.15) is 4.31 Å². The SMILES string of the molecule is Cn1c(=O)c2cc(NC(=O)C3CCCN(S(=O)(=O)c4cccs4)C3)cnc2n(C)c1=O. The summed E-state index contributed by atoms with van der Waals surface area (Å²) in [7, 11) is -0.734. The van der Waals surface area contributed by atoms with Gasteiger partial charge in [-0.3, -0.25) is 18.7 Å². The minimum absolute atomic E-state index is 0.0867. The van der Waals surface area contributed by atoms with E-state index in [1.54, 1.807) is 17.5 Å². The highest BCUT2D eigenvalue weighted by Crippen LogP contribution is 2.27. The molecule has 1 atom stereocenters. The van der Waals surface area contributed by atoms with Crippen molar-refractivity contribution in [3.05, 3.63) is 50.6 Å². The van der Waals surface area contributed by atoms with Crippen molar-refractivity contribution >= 4 is 44.0 Å². The van der Waals surface area contributed by atoms with Crippen LogP contribution < -0.4 is 16.6 Å². The van der Waals surface area contributed by atoms with Crippen molar-refractivity contribution in [3.8, 4) is 0 Å². The van der Waals surface area contributed by atoms with Crippen molar-refractivity contribution in [3.63, 3.8) is 0 Å². The van der Waals surface area contributed by atoms with E-state index in [9.17, 15) is 22.8 Å². The van der Waals surface area contributed by atoms with Crippen LogP contribution in [0.5, 0.6) is 0 Å². The van der Waals surface area contributed by atoms with E-state index in [0.717, 1.165) is 15.9 Å². The Morgan fingerprint density at radius 2 is 2.03 bits per heavy atom. The number of nitrogens with one attached hydrogen (secondary N) is 1. The van der Waals surface area contributed by atoms with Gasteiger partial charge >= 0.3 is 5.69 Å². The molecule has 3 aromatic rings. The van der Waals surface area contributed by atoms with E-state index < -0.39 is 27.2 Å². The largest absolute Gasteiger partial charge is 0.332 e. The number of nitrogens with zero attached hydrogens (tertiary/aromatic N) is 4. The molecule has 1 aliphatic heterocycles. The van der Waals surface area contributed by atoms with Crippen LogP contribution in [0.15, 0.2) is 43.6 Å². The van der Waals surface area contributed by atoms with Crippen molar-refractivity contribution in [2.75, 3.05) is 18.4 Å². The maximum Gasteiger partial charge on any atom is 0.332 e. The molecule has 0 saturated carbocycles. The lowest BCUT2D eigenvalue weighted by atomic mass is 9.99. The van der Waals surface area contributed by atoms with Crippen LogP contribution in [0.25, 0.3) is 11.0 Å². The van der Waals surface area contributed by atoms with Gasteiger partial charge in [0, 0.05) is 27.2 Å². The maximum absolute atomic E-state index is 12.8. The van der Waals surface area contributed by atoms with Crippen LogP contribution in [0, 0.1) is 5.92 Å². The van der Waals surface area contributed by atoms with Gasteiger partial charge < -0.3 is 5.32 Å². The van der Waals surface area contributed by atoms with Crippen LogP contribution in [0.3, 0.4) is 0 Å². The molecule has 164 valence electrons. The third-order valence-corrected chi connectivity index (χ3v) is 8.64. The number of sulfonamides is 1. The predicted octanol–water partition coefficient (Wildman–Crippen LogP) is 0.733. The van der Waals surface area contributed by atoms with Crippen molar-refractivity contribution in [1.82, 2.24) is 18.4 Å². The number of carbonyl (C=O) groups is 1. The first-order chi connectivity index (χ1) is 14.7. The average molecular weight is 464 g/mol. The number of amides is 1. The molecule has 0 radical (unpaired) electrons. The summed E-state index contributed by atoms with van der Waals surface area (Å²) in [6.45, 7) is 0.453. The van der Waals surface area contributed by atoms with Gasteiger partial charge in [0.2, 0.25) is 5.91 Å². The number of aromatic nitrogens is 3. The van der Waals surface area contributed by atoms with Gasteiger partial charge in [-0.15, -0.1) is 11.3 Å². The van der Waals surface area contributed by atoms with Gasteiger partial charge in [0.05, 0.1) is 23.2 Å². The van der Waals surface area contributed by atoms with Gasteiger partial charge in [0.15, 0.2) is 0 Å². The first kappa shape index (κ1) is 21.4. The van der Waals surface area contributed by atoms with Gasteiger partial charge in [0.1, 0.15) is 9.86 Å². The van der Waals surface area contributed by atoms with Crippen molar-refractivity contribution in [1.29, 1.82) is 0 Å². The van der Waals surface area contributed by atoms with Crippen molar-refractivity contribution < 1.29 is 13.2 Å². The minimum atomic E-state index is -3.62. The second kappa shape index (κ2) is 8.02. The molecule has 1 N–H and O–H groups in total. The van der Waals surface area contributed by atoms with Gasteiger partial charge in [-0.25, -0.2) is 18.2 Å². The second-order valence-corrected chi connectivity index (χ2v) is 10.5. The summed E-state index contributed by atoms with van der Waals surface area (Å²) in [5.41, 5.74) is -0.466. The highest BCUT2D eigenvalue weighted by molar-refractivity contribution is 7.91. The van der Waals surface area contributed by atoms with Gasteiger partial charge in [-0.05, 0) is 30.4 Å². The third-order valence-electron chi connectivity index (χ3n) is 5.40. The highest BCUT2D eigenvalue weighted by Gasteiger charge is 2.33. The number of aryl methyl sites for hydroxylation is 1. The maximum atomic E-state index is 12.8.